The Morgan fingerprint density at radius 2 is 1.76 bits per heavy atom. The fourth-order valence-corrected chi connectivity index (χ4v) is 1.93. The van der Waals surface area contributed by atoms with Gasteiger partial charge >= 0.3 is 6.18 Å². The average Bonchev–Trinajstić information content (AvgIpc) is 2.38. The molecule has 0 aliphatic heterocycles. The Labute approximate surface area is 120 Å². The summed E-state index contributed by atoms with van der Waals surface area (Å²) in [6.45, 7) is 2.02. The minimum Gasteiger partial charge on any atom is -0.370 e. The predicted molar refractivity (Wildman–Crippen MR) is 72.5 cm³/mol. The average molecular weight is 327 g/mol. The second-order valence-electron chi connectivity index (χ2n) is 3.94. The highest BCUT2D eigenvalue weighted by Gasteiger charge is 2.35. The second-order valence-corrected chi connectivity index (χ2v) is 5.99. The van der Waals surface area contributed by atoms with Crippen molar-refractivity contribution in [3.8, 4) is 0 Å². The Balaban J connectivity index is 2.88. The molecule has 120 valence electrons. The Hall–Kier alpha value is -1.62. The molecule has 0 saturated carbocycles. The van der Waals surface area contributed by atoms with Gasteiger partial charge in [-0.3, -0.25) is 0 Å². The molecule has 0 fully saturated rings. The van der Waals surface area contributed by atoms with Crippen LogP contribution >= 0.6 is 0 Å². The smallest absolute Gasteiger partial charge is 0.370 e. The molecule has 21 heavy (non-hydrogen) atoms. The summed E-state index contributed by atoms with van der Waals surface area (Å²) in [6, 6.07) is 1.28. The van der Waals surface area contributed by atoms with Gasteiger partial charge in [0.25, 0.3) is 0 Å². The van der Waals surface area contributed by atoms with Crippen LogP contribution < -0.4 is 15.4 Å². The molecule has 0 radical (unpaired) electrons. The summed E-state index contributed by atoms with van der Waals surface area (Å²) in [5.41, 5.74) is 0. The standard InChI is InChI=1S/C10H16F3N5O2S/c1-3-15-7-6-8(16-4-5-21(19,20)14-2)18-9(17-7)10(11,12)13/h6,14H,3-5H2,1-2H3,(H2,15,16,17,18). The lowest BCUT2D eigenvalue weighted by molar-refractivity contribution is -0.144. The van der Waals surface area contributed by atoms with Crippen LogP contribution in [0.1, 0.15) is 12.7 Å². The number of aromatic nitrogens is 2. The van der Waals surface area contributed by atoms with E-state index >= 15 is 0 Å². The third kappa shape index (κ3) is 5.71. The lowest BCUT2D eigenvalue weighted by Crippen LogP contribution is -2.26. The molecule has 0 amide bonds. The quantitative estimate of drug-likeness (QED) is 0.688. The van der Waals surface area contributed by atoms with Crippen molar-refractivity contribution < 1.29 is 21.6 Å². The van der Waals surface area contributed by atoms with Crippen molar-refractivity contribution in [1.82, 2.24) is 14.7 Å². The van der Waals surface area contributed by atoms with Crippen molar-refractivity contribution in [1.29, 1.82) is 0 Å². The van der Waals surface area contributed by atoms with Crippen LogP contribution in [0.2, 0.25) is 0 Å². The molecule has 0 aromatic carbocycles. The first kappa shape index (κ1) is 17.4. The summed E-state index contributed by atoms with van der Waals surface area (Å²) in [5, 5.41) is 5.19. The van der Waals surface area contributed by atoms with Crippen LogP contribution in [-0.2, 0) is 16.2 Å². The molecular weight excluding hydrogens is 311 g/mol. The Morgan fingerprint density at radius 3 is 2.24 bits per heavy atom. The van der Waals surface area contributed by atoms with E-state index < -0.39 is 22.0 Å². The van der Waals surface area contributed by atoms with Gasteiger partial charge < -0.3 is 10.6 Å². The van der Waals surface area contributed by atoms with E-state index in [1.165, 1.54) is 13.1 Å². The van der Waals surface area contributed by atoms with Gasteiger partial charge in [0, 0.05) is 19.2 Å². The third-order valence-corrected chi connectivity index (χ3v) is 3.69. The number of rotatable bonds is 7. The maximum absolute atomic E-state index is 12.7. The molecule has 0 aliphatic carbocycles. The van der Waals surface area contributed by atoms with E-state index in [-0.39, 0.29) is 23.9 Å². The van der Waals surface area contributed by atoms with Crippen molar-refractivity contribution in [3.05, 3.63) is 11.9 Å². The van der Waals surface area contributed by atoms with Gasteiger partial charge in [0.2, 0.25) is 15.8 Å². The lowest BCUT2D eigenvalue weighted by atomic mass is 10.4. The first-order valence-corrected chi connectivity index (χ1v) is 7.68. The minimum absolute atomic E-state index is 0.0128. The van der Waals surface area contributed by atoms with E-state index in [1.54, 1.807) is 6.92 Å². The number of anilines is 2. The third-order valence-electron chi connectivity index (χ3n) is 2.33. The summed E-state index contributed by atoms with van der Waals surface area (Å²) in [6.07, 6.45) is -4.68. The molecule has 0 unspecified atom stereocenters. The van der Waals surface area contributed by atoms with Crippen LogP contribution in [0.15, 0.2) is 6.07 Å². The van der Waals surface area contributed by atoms with E-state index in [9.17, 15) is 21.6 Å². The van der Waals surface area contributed by atoms with Crippen molar-refractivity contribution >= 4 is 21.7 Å². The molecule has 1 aromatic rings. The Morgan fingerprint density at radius 1 is 1.19 bits per heavy atom. The van der Waals surface area contributed by atoms with Crippen LogP contribution in [0.3, 0.4) is 0 Å². The normalized spacial score (nSPS) is 12.2. The second kappa shape index (κ2) is 6.89. The van der Waals surface area contributed by atoms with Crippen molar-refractivity contribution in [2.45, 2.75) is 13.1 Å². The van der Waals surface area contributed by atoms with Crippen LogP contribution in [-0.4, -0.2) is 44.3 Å². The fourth-order valence-electron chi connectivity index (χ4n) is 1.35. The molecule has 7 nitrogen and oxygen atoms in total. The molecule has 0 aliphatic rings. The first-order valence-electron chi connectivity index (χ1n) is 6.03. The number of hydrogen-bond donors (Lipinski definition) is 3. The molecular formula is C10H16F3N5O2S. The summed E-state index contributed by atoms with van der Waals surface area (Å²) >= 11 is 0. The van der Waals surface area contributed by atoms with Crippen molar-refractivity contribution in [3.63, 3.8) is 0 Å². The van der Waals surface area contributed by atoms with Crippen LogP contribution in [0.25, 0.3) is 0 Å². The Bertz CT molecular complexity index is 577. The molecule has 0 spiro atoms. The maximum atomic E-state index is 12.7. The van der Waals surface area contributed by atoms with Crippen molar-refractivity contribution in [2.24, 2.45) is 0 Å². The van der Waals surface area contributed by atoms with Crippen LogP contribution in [0.4, 0.5) is 24.8 Å². The number of hydrogen-bond acceptors (Lipinski definition) is 6. The van der Waals surface area contributed by atoms with Gasteiger partial charge in [-0.25, -0.2) is 23.1 Å². The number of nitrogens with zero attached hydrogens (tertiary/aromatic N) is 2. The zero-order chi connectivity index (χ0) is 16.1. The van der Waals surface area contributed by atoms with Crippen molar-refractivity contribution in [2.75, 3.05) is 36.5 Å². The van der Waals surface area contributed by atoms with E-state index in [4.69, 9.17) is 0 Å². The van der Waals surface area contributed by atoms with Gasteiger partial charge in [0.15, 0.2) is 0 Å². The van der Waals surface area contributed by atoms with Gasteiger partial charge in [-0.1, -0.05) is 0 Å². The molecule has 0 saturated heterocycles. The summed E-state index contributed by atoms with van der Waals surface area (Å²) in [4.78, 5) is 6.68. The monoisotopic (exact) mass is 327 g/mol. The van der Waals surface area contributed by atoms with Gasteiger partial charge in [0.05, 0.1) is 5.75 Å². The molecule has 11 heteroatoms. The summed E-state index contributed by atoms with van der Waals surface area (Å²) < 4.78 is 62.5. The number of alkyl halides is 3. The molecule has 1 aromatic heterocycles. The SMILES string of the molecule is CCNc1cc(NCCS(=O)(=O)NC)nc(C(F)(F)F)n1. The molecule has 1 rings (SSSR count). The van der Waals surface area contributed by atoms with E-state index in [2.05, 4.69) is 25.3 Å². The van der Waals surface area contributed by atoms with Gasteiger partial charge in [0.1, 0.15) is 11.6 Å². The lowest BCUT2D eigenvalue weighted by Gasteiger charge is -2.12. The highest BCUT2D eigenvalue weighted by atomic mass is 32.2. The molecule has 0 atom stereocenters. The summed E-state index contributed by atoms with van der Waals surface area (Å²) in [5.74, 6) is -1.66. The van der Waals surface area contributed by atoms with Gasteiger partial charge in [-0.2, -0.15) is 13.2 Å². The largest absolute Gasteiger partial charge is 0.451 e. The van der Waals surface area contributed by atoms with E-state index in [0.29, 0.717) is 6.54 Å². The highest BCUT2D eigenvalue weighted by Crippen LogP contribution is 2.28. The van der Waals surface area contributed by atoms with E-state index in [1.807, 2.05) is 0 Å². The fraction of sp³-hybridized carbons (Fsp3) is 0.600. The molecule has 3 N–H and O–H groups in total. The number of halogens is 3. The minimum atomic E-state index is -4.68. The zero-order valence-corrected chi connectivity index (χ0v) is 12.3. The van der Waals surface area contributed by atoms with Crippen LogP contribution in [0, 0.1) is 0 Å². The topological polar surface area (TPSA) is 96.0 Å². The predicted octanol–water partition coefficient (Wildman–Crippen LogP) is 0.888. The molecule has 0 bridgehead atoms. The van der Waals surface area contributed by atoms with Crippen LogP contribution in [0.5, 0.6) is 0 Å². The number of sulfonamides is 1. The van der Waals surface area contributed by atoms with Gasteiger partial charge in [-0.15, -0.1) is 0 Å². The zero-order valence-electron chi connectivity index (χ0n) is 11.5. The molecule has 1 heterocycles. The van der Waals surface area contributed by atoms with E-state index in [0.717, 1.165) is 0 Å². The highest BCUT2D eigenvalue weighted by molar-refractivity contribution is 7.89. The maximum Gasteiger partial charge on any atom is 0.451 e. The summed E-state index contributed by atoms with van der Waals surface area (Å²) in [7, 11) is -2.19. The Kier molecular flexibility index (Phi) is 5.72. The first-order chi connectivity index (χ1) is 9.68. The number of nitrogens with one attached hydrogen (secondary N) is 3. The van der Waals surface area contributed by atoms with Gasteiger partial charge in [-0.05, 0) is 14.0 Å².